The maximum absolute atomic E-state index is 15.4. The van der Waals surface area contributed by atoms with E-state index >= 15 is 8.78 Å². The lowest BCUT2D eigenvalue weighted by molar-refractivity contribution is -0.125. The third-order valence-electron chi connectivity index (χ3n) is 10.2. The van der Waals surface area contributed by atoms with E-state index in [9.17, 15) is 32.7 Å². The van der Waals surface area contributed by atoms with Crippen LogP contribution in [0.2, 0.25) is 0 Å². The molecule has 5 aromatic rings. The van der Waals surface area contributed by atoms with Crippen molar-refractivity contribution in [1.82, 2.24) is 19.6 Å². The zero-order valence-corrected chi connectivity index (χ0v) is 29.7. The van der Waals surface area contributed by atoms with E-state index in [4.69, 9.17) is 0 Å². The summed E-state index contributed by atoms with van der Waals surface area (Å²) in [5, 5.41) is 16.3. The fraction of sp³-hybridized carbons (Fsp3) is 0.297. The third kappa shape index (κ3) is 6.58. The lowest BCUT2D eigenvalue weighted by Gasteiger charge is -2.38. The van der Waals surface area contributed by atoms with Gasteiger partial charge < -0.3 is 20.7 Å². The van der Waals surface area contributed by atoms with Crippen LogP contribution in [0.15, 0.2) is 65.5 Å². The van der Waals surface area contributed by atoms with Crippen molar-refractivity contribution >= 4 is 61.1 Å². The molecule has 2 saturated heterocycles. The molecular formula is C37H36F2N6O7S. The molecule has 16 heteroatoms. The number of fused-ring (bicyclic) bond motifs is 2. The first-order valence-corrected chi connectivity index (χ1v) is 18.5. The van der Waals surface area contributed by atoms with Crippen LogP contribution < -0.4 is 25.4 Å². The number of carbonyl (C=O) groups excluding carboxylic acids is 3. The van der Waals surface area contributed by atoms with Crippen molar-refractivity contribution in [3.63, 3.8) is 0 Å². The maximum atomic E-state index is 15.4. The molecule has 2 aliphatic rings. The van der Waals surface area contributed by atoms with Crippen LogP contribution in [0.4, 0.5) is 20.2 Å². The number of imidazole rings is 1. The molecule has 3 atom stereocenters. The van der Waals surface area contributed by atoms with Crippen molar-refractivity contribution in [1.29, 1.82) is 0 Å². The van der Waals surface area contributed by atoms with Gasteiger partial charge in [0, 0.05) is 17.5 Å². The van der Waals surface area contributed by atoms with Crippen LogP contribution in [0, 0.1) is 23.5 Å². The highest BCUT2D eigenvalue weighted by atomic mass is 32.2. The van der Waals surface area contributed by atoms with E-state index in [1.165, 1.54) is 30.3 Å². The summed E-state index contributed by atoms with van der Waals surface area (Å²) < 4.78 is 59.2. The normalized spacial score (nSPS) is 19.1. The second-order valence-electron chi connectivity index (χ2n) is 13.9. The van der Waals surface area contributed by atoms with Gasteiger partial charge in [-0.25, -0.2) is 22.6 Å². The average molecular weight is 747 g/mol. The summed E-state index contributed by atoms with van der Waals surface area (Å²) in [7, 11) is -4.38. The van der Waals surface area contributed by atoms with Gasteiger partial charge in [0.2, 0.25) is 11.8 Å². The van der Waals surface area contributed by atoms with Crippen LogP contribution in [0.25, 0.3) is 32.9 Å². The van der Waals surface area contributed by atoms with Crippen LogP contribution in [0.5, 0.6) is 5.75 Å². The Balaban J connectivity index is 1.08. The third-order valence-corrected chi connectivity index (χ3v) is 11.6. The Morgan fingerprint density at radius 2 is 1.72 bits per heavy atom. The fourth-order valence-electron chi connectivity index (χ4n) is 7.19. The highest BCUT2D eigenvalue weighted by Crippen LogP contribution is 2.39. The zero-order valence-electron chi connectivity index (χ0n) is 28.9. The Morgan fingerprint density at radius 3 is 2.42 bits per heavy atom. The summed E-state index contributed by atoms with van der Waals surface area (Å²) in [4.78, 5) is 53.1. The first-order chi connectivity index (χ1) is 25.1. The van der Waals surface area contributed by atoms with Gasteiger partial charge in [-0.3, -0.25) is 19.0 Å². The molecule has 2 unspecified atom stereocenters. The van der Waals surface area contributed by atoms with Crippen molar-refractivity contribution in [3.8, 4) is 16.9 Å². The molecule has 4 aromatic carbocycles. The van der Waals surface area contributed by atoms with E-state index in [2.05, 4.69) is 36.4 Å². The highest BCUT2D eigenvalue weighted by molar-refractivity contribution is 7.92. The molecule has 3 amide bonds. The minimum Gasteiger partial charge on any atom is -0.506 e. The van der Waals surface area contributed by atoms with Gasteiger partial charge in [0.1, 0.15) is 23.8 Å². The van der Waals surface area contributed by atoms with E-state index in [0.717, 1.165) is 6.07 Å². The molecule has 3 heterocycles. The fourth-order valence-corrected chi connectivity index (χ4v) is 8.35. The minimum absolute atomic E-state index is 0.0308. The van der Waals surface area contributed by atoms with E-state index in [0.29, 0.717) is 39.3 Å². The number of phenols is 1. The molecule has 0 radical (unpaired) electrons. The van der Waals surface area contributed by atoms with Crippen LogP contribution in [0.3, 0.4) is 0 Å². The molecule has 7 rings (SSSR count). The quantitative estimate of drug-likeness (QED) is 0.154. The van der Waals surface area contributed by atoms with E-state index in [1.807, 2.05) is 0 Å². The van der Waals surface area contributed by atoms with Crippen molar-refractivity contribution in [2.45, 2.75) is 52.1 Å². The minimum atomic E-state index is -4.38. The van der Waals surface area contributed by atoms with Crippen molar-refractivity contribution < 1.29 is 36.7 Å². The number of hydrogen-bond acceptors (Lipinski definition) is 7. The second kappa shape index (κ2) is 13.3. The topological polar surface area (TPSA) is 183 Å². The smallest absolute Gasteiger partial charge is 0.326 e. The summed E-state index contributed by atoms with van der Waals surface area (Å²) in [6.07, 6.45) is 0.513. The van der Waals surface area contributed by atoms with Gasteiger partial charge in [-0.1, -0.05) is 39.0 Å². The van der Waals surface area contributed by atoms with Crippen molar-refractivity contribution in [2.75, 3.05) is 16.2 Å². The van der Waals surface area contributed by atoms with Gasteiger partial charge in [-0.05, 0) is 82.8 Å². The number of halogens is 2. The summed E-state index contributed by atoms with van der Waals surface area (Å²) in [6, 6.07) is 14.5. The Bertz CT molecular complexity index is 2510. The van der Waals surface area contributed by atoms with Crippen molar-refractivity contribution in [2.24, 2.45) is 11.8 Å². The number of anilines is 2. The Kier molecular flexibility index (Phi) is 8.96. The summed E-state index contributed by atoms with van der Waals surface area (Å²) in [6.45, 7) is 5.54. The molecule has 2 fully saturated rings. The number of H-pyrrole nitrogens is 1. The highest BCUT2D eigenvalue weighted by Gasteiger charge is 2.38. The van der Waals surface area contributed by atoms with Gasteiger partial charge in [0.05, 0.1) is 29.5 Å². The molecule has 0 bridgehead atoms. The van der Waals surface area contributed by atoms with Crippen LogP contribution in [-0.2, 0) is 31.0 Å². The predicted octanol–water partition coefficient (Wildman–Crippen LogP) is 4.61. The number of hydrogen-bond donors (Lipinski definition) is 5. The van der Waals surface area contributed by atoms with Crippen molar-refractivity contribution in [3.05, 3.63) is 88.3 Å². The molecule has 0 spiro atoms. The molecular weight excluding hydrogens is 711 g/mol. The number of phenolic OH excluding ortho intramolecular Hbond substituents is 1. The molecule has 0 saturated carbocycles. The molecule has 276 valence electrons. The number of benzene rings is 4. The van der Waals surface area contributed by atoms with E-state index in [1.54, 1.807) is 33.6 Å². The van der Waals surface area contributed by atoms with Gasteiger partial charge in [-0.2, -0.15) is 8.42 Å². The van der Waals surface area contributed by atoms with Crippen LogP contribution in [0.1, 0.15) is 45.2 Å². The average Bonchev–Trinajstić information content (AvgIpc) is 3.56. The predicted molar refractivity (Wildman–Crippen MR) is 194 cm³/mol. The SMILES string of the molecule is CC(C)[C@@H](C)C1NC(=O)CCC1n1c(=O)[nH]c2cc(-c3ccc(CC(=O)Nc4ccc5c(F)c(N6CC(=O)NS6(=O)=O)c(O)cc5c4)c(F)c3)ccc21. The number of nitrogens with one attached hydrogen (secondary N) is 4. The van der Waals surface area contributed by atoms with Crippen LogP contribution >= 0.6 is 0 Å². The van der Waals surface area contributed by atoms with Crippen LogP contribution in [-0.4, -0.2) is 53.4 Å². The molecule has 53 heavy (non-hydrogen) atoms. The van der Waals surface area contributed by atoms with Gasteiger partial charge >= 0.3 is 15.9 Å². The number of aromatic hydroxyl groups is 1. The number of carbonyl (C=O) groups is 3. The maximum Gasteiger partial charge on any atom is 0.326 e. The number of piperidine rings is 1. The zero-order chi connectivity index (χ0) is 37.9. The van der Waals surface area contributed by atoms with Gasteiger partial charge in [-0.15, -0.1) is 0 Å². The summed E-state index contributed by atoms with van der Waals surface area (Å²) in [5.74, 6) is -3.51. The van der Waals surface area contributed by atoms with E-state index in [-0.39, 0.29) is 64.0 Å². The van der Waals surface area contributed by atoms with Gasteiger partial charge in [0.25, 0.3) is 5.91 Å². The standard InChI is InChI=1S/C37H36F2N6O7S/c1-18(2)19(3)35-29(10-11-31(47)42-35)45-28-9-6-21(14-27(28)41-37(45)50)20-4-5-22(26(38)13-20)16-32(48)40-24-7-8-25-23(12-24)15-30(46)36(34(25)39)44-17-33(49)43-53(44,51)52/h4-9,12-15,18-19,29,35,46H,10-11,16-17H2,1-3H3,(H,40,48)(H,41,50)(H,42,47)(H,43,49)/t19-,29?,35?/m1/s1. The molecule has 1 aromatic heterocycles. The summed E-state index contributed by atoms with van der Waals surface area (Å²) >= 11 is 0. The lowest BCUT2D eigenvalue weighted by Crippen LogP contribution is -2.51. The number of nitrogens with zero attached hydrogens (tertiary/aromatic N) is 2. The molecule has 0 aliphatic carbocycles. The van der Waals surface area contributed by atoms with E-state index < -0.39 is 51.6 Å². The second-order valence-corrected chi connectivity index (χ2v) is 15.5. The van der Waals surface area contributed by atoms with Gasteiger partial charge in [0.15, 0.2) is 5.82 Å². The molecule has 5 N–H and O–H groups in total. The summed E-state index contributed by atoms with van der Waals surface area (Å²) in [5.41, 5.74) is 1.76. The Hall–Kier alpha value is -5.77. The first kappa shape index (κ1) is 35.6. The Labute approximate surface area is 302 Å². The largest absolute Gasteiger partial charge is 0.506 e. The number of amides is 3. The number of rotatable bonds is 8. The molecule has 2 aliphatic heterocycles. The Morgan fingerprint density at radius 1 is 0.981 bits per heavy atom. The monoisotopic (exact) mass is 746 g/mol. The number of aromatic amines is 1. The molecule has 13 nitrogen and oxygen atoms in total. The number of aromatic nitrogens is 2. The lowest BCUT2D eigenvalue weighted by atomic mass is 9.82. The first-order valence-electron chi connectivity index (χ1n) is 17.0.